The number of carbonyl (C=O) groups is 1. The lowest BCUT2D eigenvalue weighted by Gasteiger charge is -2.15. The van der Waals surface area contributed by atoms with E-state index in [4.69, 9.17) is 9.47 Å². The average molecular weight is 263 g/mol. The number of nitrogens with zero attached hydrogens (tertiary/aromatic N) is 1. The zero-order valence-corrected chi connectivity index (χ0v) is 11.6. The van der Waals surface area contributed by atoms with E-state index in [9.17, 15) is 4.79 Å². The van der Waals surface area contributed by atoms with Crippen molar-refractivity contribution in [2.45, 2.75) is 25.7 Å². The summed E-state index contributed by atoms with van der Waals surface area (Å²) in [5, 5.41) is 0. The van der Waals surface area contributed by atoms with Gasteiger partial charge < -0.3 is 14.4 Å². The van der Waals surface area contributed by atoms with Crippen molar-refractivity contribution in [2.24, 2.45) is 0 Å². The number of likely N-dealkylation sites (tertiary alicyclic amines) is 1. The second-order valence-corrected chi connectivity index (χ2v) is 4.81. The smallest absolute Gasteiger partial charge is 0.222 e. The molecule has 4 nitrogen and oxygen atoms in total. The molecule has 0 aliphatic carbocycles. The van der Waals surface area contributed by atoms with Crippen LogP contribution in [0.2, 0.25) is 0 Å². The van der Waals surface area contributed by atoms with E-state index in [0.717, 1.165) is 49.4 Å². The molecule has 2 rings (SSSR count). The Hall–Kier alpha value is -1.71. The fourth-order valence-corrected chi connectivity index (χ4v) is 2.39. The normalized spacial score (nSPS) is 14.5. The standard InChI is InChI=1S/C15H21NO3/c1-18-13-9-12(10-14(11-13)19-2)5-6-15(17)16-7-3-4-8-16/h9-11H,3-8H2,1-2H3. The van der Waals surface area contributed by atoms with Gasteiger partial charge in [0.2, 0.25) is 5.91 Å². The maximum absolute atomic E-state index is 12.0. The van der Waals surface area contributed by atoms with E-state index in [1.807, 2.05) is 23.1 Å². The Bertz CT molecular complexity index is 417. The van der Waals surface area contributed by atoms with Gasteiger partial charge in [0.1, 0.15) is 11.5 Å². The maximum Gasteiger partial charge on any atom is 0.222 e. The molecule has 0 spiro atoms. The molecule has 1 aromatic rings. The third-order valence-corrected chi connectivity index (χ3v) is 3.50. The summed E-state index contributed by atoms with van der Waals surface area (Å²) in [7, 11) is 3.27. The van der Waals surface area contributed by atoms with Crippen LogP contribution >= 0.6 is 0 Å². The van der Waals surface area contributed by atoms with Crippen molar-refractivity contribution in [3.63, 3.8) is 0 Å². The van der Waals surface area contributed by atoms with Crippen molar-refractivity contribution in [2.75, 3.05) is 27.3 Å². The Morgan fingerprint density at radius 2 is 1.68 bits per heavy atom. The lowest BCUT2D eigenvalue weighted by Crippen LogP contribution is -2.27. The molecule has 0 radical (unpaired) electrons. The van der Waals surface area contributed by atoms with Crippen molar-refractivity contribution >= 4 is 5.91 Å². The summed E-state index contributed by atoms with van der Waals surface area (Å²) in [6.45, 7) is 1.83. The monoisotopic (exact) mass is 263 g/mol. The van der Waals surface area contributed by atoms with Crippen LogP contribution in [-0.4, -0.2) is 38.1 Å². The first kappa shape index (κ1) is 13.7. The van der Waals surface area contributed by atoms with E-state index < -0.39 is 0 Å². The molecule has 0 unspecified atom stereocenters. The zero-order chi connectivity index (χ0) is 13.7. The SMILES string of the molecule is COc1cc(CCC(=O)N2CCCC2)cc(OC)c1. The number of methoxy groups -OCH3 is 2. The molecule has 0 atom stereocenters. The fourth-order valence-electron chi connectivity index (χ4n) is 2.39. The molecule has 19 heavy (non-hydrogen) atoms. The molecule has 1 amide bonds. The van der Waals surface area contributed by atoms with Gasteiger partial charge in [-0.2, -0.15) is 0 Å². The molecule has 1 fully saturated rings. The van der Waals surface area contributed by atoms with E-state index in [0.29, 0.717) is 6.42 Å². The number of hydrogen-bond acceptors (Lipinski definition) is 3. The minimum Gasteiger partial charge on any atom is -0.497 e. The average Bonchev–Trinajstić information content (AvgIpc) is 2.98. The van der Waals surface area contributed by atoms with Gasteiger partial charge in [0.25, 0.3) is 0 Å². The van der Waals surface area contributed by atoms with Crippen LogP contribution in [0.5, 0.6) is 11.5 Å². The Kier molecular flexibility index (Phi) is 4.66. The highest BCUT2D eigenvalue weighted by molar-refractivity contribution is 5.76. The highest BCUT2D eigenvalue weighted by atomic mass is 16.5. The van der Waals surface area contributed by atoms with Crippen LogP contribution in [0.1, 0.15) is 24.8 Å². The van der Waals surface area contributed by atoms with Crippen molar-refractivity contribution in [1.82, 2.24) is 4.90 Å². The van der Waals surface area contributed by atoms with Crippen molar-refractivity contribution in [3.05, 3.63) is 23.8 Å². The number of aryl methyl sites for hydroxylation is 1. The molecule has 0 bridgehead atoms. The van der Waals surface area contributed by atoms with Gasteiger partial charge in [0.15, 0.2) is 0 Å². The minimum absolute atomic E-state index is 0.249. The zero-order valence-electron chi connectivity index (χ0n) is 11.6. The molecule has 0 aromatic heterocycles. The van der Waals surface area contributed by atoms with Crippen molar-refractivity contribution < 1.29 is 14.3 Å². The molecular formula is C15H21NO3. The van der Waals surface area contributed by atoms with Gasteiger partial charge in [0.05, 0.1) is 14.2 Å². The summed E-state index contributed by atoms with van der Waals surface area (Å²) in [6, 6.07) is 5.76. The van der Waals surface area contributed by atoms with E-state index >= 15 is 0 Å². The largest absolute Gasteiger partial charge is 0.497 e. The first-order valence-electron chi connectivity index (χ1n) is 6.72. The number of ether oxygens (including phenoxy) is 2. The number of amides is 1. The summed E-state index contributed by atoms with van der Waals surface area (Å²) in [4.78, 5) is 13.9. The number of carbonyl (C=O) groups excluding carboxylic acids is 1. The number of benzene rings is 1. The molecule has 1 saturated heterocycles. The Morgan fingerprint density at radius 3 is 2.21 bits per heavy atom. The summed E-state index contributed by atoms with van der Waals surface area (Å²) >= 11 is 0. The lowest BCUT2D eigenvalue weighted by molar-refractivity contribution is -0.130. The van der Waals surface area contributed by atoms with Crippen molar-refractivity contribution in [1.29, 1.82) is 0 Å². The fraction of sp³-hybridized carbons (Fsp3) is 0.533. The van der Waals surface area contributed by atoms with Crippen LogP contribution in [0.15, 0.2) is 18.2 Å². The maximum atomic E-state index is 12.0. The van der Waals surface area contributed by atoms with Gasteiger partial charge in [-0.3, -0.25) is 4.79 Å². The summed E-state index contributed by atoms with van der Waals surface area (Å²) in [5.74, 6) is 1.78. The van der Waals surface area contributed by atoms with Gasteiger partial charge in [-0.05, 0) is 37.0 Å². The second-order valence-electron chi connectivity index (χ2n) is 4.81. The molecule has 0 N–H and O–H groups in total. The molecule has 1 aromatic carbocycles. The Labute approximate surface area is 114 Å². The third kappa shape index (κ3) is 3.63. The van der Waals surface area contributed by atoms with Crippen LogP contribution in [0, 0.1) is 0 Å². The minimum atomic E-state index is 0.249. The molecule has 1 heterocycles. The first-order chi connectivity index (χ1) is 9.22. The van der Waals surface area contributed by atoms with E-state index in [-0.39, 0.29) is 5.91 Å². The van der Waals surface area contributed by atoms with Crippen molar-refractivity contribution in [3.8, 4) is 11.5 Å². The van der Waals surface area contributed by atoms with Crippen LogP contribution in [-0.2, 0) is 11.2 Å². The van der Waals surface area contributed by atoms with E-state index in [1.165, 1.54) is 0 Å². The first-order valence-corrected chi connectivity index (χ1v) is 6.72. The van der Waals surface area contributed by atoms with E-state index in [2.05, 4.69) is 0 Å². The molecule has 0 saturated carbocycles. The topological polar surface area (TPSA) is 38.8 Å². The second kappa shape index (κ2) is 6.45. The summed E-state index contributed by atoms with van der Waals surface area (Å²) < 4.78 is 10.5. The van der Waals surface area contributed by atoms with Gasteiger partial charge in [-0.1, -0.05) is 0 Å². The van der Waals surface area contributed by atoms with Gasteiger partial charge in [-0.15, -0.1) is 0 Å². The molecule has 4 heteroatoms. The molecule has 1 aliphatic heterocycles. The van der Waals surface area contributed by atoms with Crippen LogP contribution < -0.4 is 9.47 Å². The lowest BCUT2D eigenvalue weighted by atomic mass is 10.1. The van der Waals surface area contributed by atoms with Gasteiger partial charge in [-0.25, -0.2) is 0 Å². The van der Waals surface area contributed by atoms with Gasteiger partial charge >= 0.3 is 0 Å². The summed E-state index contributed by atoms with van der Waals surface area (Å²) in [5.41, 5.74) is 1.07. The molecular weight excluding hydrogens is 242 g/mol. The predicted molar refractivity (Wildman–Crippen MR) is 73.7 cm³/mol. The highest BCUT2D eigenvalue weighted by Gasteiger charge is 2.17. The van der Waals surface area contributed by atoms with Crippen LogP contribution in [0.3, 0.4) is 0 Å². The molecule has 104 valence electrons. The molecule has 1 aliphatic rings. The Balaban J connectivity index is 1.96. The third-order valence-electron chi connectivity index (χ3n) is 3.50. The van der Waals surface area contributed by atoms with Crippen LogP contribution in [0.4, 0.5) is 0 Å². The number of rotatable bonds is 5. The quantitative estimate of drug-likeness (QED) is 0.818. The van der Waals surface area contributed by atoms with Gasteiger partial charge in [0, 0.05) is 25.6 Å². The summed E-state index contributed by atoms with van der Waals surface area (Å²) in [6.07, 6.45) is 3.55. The van der Waals surface area contributed by atoms with E-state index in [1.54, 1.807) is 14.2 Å². The highest BCUT2D eigenvalue weighted by Crippen LogP contribution is 2.23. The van der Waals surface area contributed by atoms with Crippen LogP contribution in [0.25, 0.3) is 0 Å². The predicted octanol–water partition coefficient (Wildman–Crippen LogP) is 2.26. The number of hydrogen-bond donors (Lipinski definition) is 0. The Morgan fingerprint density at radius 1 is 1.11 bits per heavy atom.